The molecule has 1 aromatic carbocycles. The van der Waals surface area contributed by atoms with Gasteiger partial charge in [-0.1, -0.05) is 30.3 Å². The summed E-state index contributed by atoms with van der Waals surface area (Å²) >= 11 is 0. The third-order valence-electron chi connectivity index (χ3n) is 2.80. The predicted octanol–water partition coefficient (Wildman–Crippen LogP) is 1.69. The molecule has 1 atom stereocenters. The maximum absolute atomic E-state index is 9.05. The fourth-order valence-corrected chi connectivity index (χ4v) is 1.78. The van der Waals surface area contributed by atoms with Gasteiger partial charge in [0.15, 0.2) is 0 Å². The first-order chi connectivity index (χ1) is 7.79. The molecule has 0 amide bonds. The Hall–Kier alpha value is -0.900. The minimum Gasteiger partial charge on any atom is -0.395 e. The van der Waals surface area contributed by atoms with Gasteiger partial charge in [0.25, 0.3) is 0 Å². The fourth-order valence-electron chi connectivity index (χ4n) is 1.78. The average Bonchev–Trinajstić information content (AvgIpc) is 2.35. The van der Waals surface area contributed by atoms with Gasteiger partial charge in [0.1, 0.15) is 0 Å². The zero-order valence-corrected chi connectivity index (χ0v) is 10.1. The molecule has 3 nitrogen and oxygen atoms in total. The standard InChI is InChI=1S/C13H21NO2/c1-12(13-6-4-3-5-7-13)14(8-10-15)9-11-16-2/h3-7,12,15H,8-11H2,1-2H3. The van der Waals surface area contributed by atoms with Crippen molar-refractivity contribution in [3.63, 3.8) is 0 Å². The van der Waals surface area contributed by atoms with E-state index in [0.29, 0.717) is 19.2 Å². The van der Waals surface area contributed by atoms with E-state index >= 15 is 0 Å². The van der Waals surface area contributed by atoms with E-state index in [1.54, 1.807) is 7.11 Å². The molecule has 1 aromatic rings. The molecule has 0 aromatic heterocycles. The lowest BCUT2D eigenvalue weighted by Crippen LogP contribution is -2.32. The van der Waals surface area contributed by atoms with Crippen LogP contribution in [0.5, 0.6) is 0 Å². The van der Waals surface area contributed by atoms with Crippen LogP contribution in [0.25, 0.3) is 0 Å². The van der Waals surface area contributed by atoms with Gasteiger partial charge in [-0.2, -0.15) is 0 Å². The number of hydrogen-bond donors (Lipinski definition) is 1. The second-order valence-corrected chi connectivity index (χ2v) is 3.84. The highest BCUT2D eigenvalue weighted by Gasteiger charge is 2.14. The number of aliphatic hydroxyl groups is 1. The van der Waals surface area contributed by atoms with Crippen LogP contribution in [0, 0.1) is 0 Å². The maximum Gasteiger partial charge on any atom is 0.0589 e. The number of methoxy groups -OCH3 is 1. The van der Waals surface area contributed by atoms with Gasteiger partial charge >= 0.3 is 0 Å². The van der Waals surface area contributed by atoms with E-state index in [9.17, 15) is 0 Å². The Bertz CT molecular complexity index is 277. The zero-order valence-electron chi connectivity index (χ0n) is 10.1. The second-order valence-electron chi connectivity index (χ2n) is 3.84. The molecule has 16 heavy (non-hydrogen) atoms. The van der Waals surface area contributed by atoms with Gasteiger partial charge in [-0.3, -0.25) is 4.90 Å². The van der Waals surface area contributed by atoms with Crippen molar-refractivity contribution in [1.29, 1.82) is 0 Å². The Morgan fingerprint density at radius 3 is 2.50 bits per heavy atom. The SMILES string of the molecule is COCCN(CCO)C(C)c1ccccc1. The number of aliphatic hydroxyl groups excluding tert-OH is 1. The summed E-state index contributed by atoms with van der Waals surface area (Å²) in [6.07, 6.45) is 0. The number of hydrogen-bond acceptors (Lipinski definition) is 3. The minimum absolute atomic E-state index is 0.181. The molecule has 0 saturated carbocycles. The Morgan fingerprint density at radius 2 is 1.94 bits per heavy atom. The van der Waals surface area contributed by atoms with E-state index in [1.165, 1.54) is 5.56 Å². The van der Waals surface area contributed by atoms with Gasteiger partial charge in [-0.15, -0.1) is 0 Å². The van der Waals surface area contributed by atoms with Gasteiger partial charge in [0.2, 0.25) is 0 Å². The van der Waals surface area contributed by atoms with Crippen LogP contribution < -0.4 is 0 Å². The molecule has 0 aliphatic carbocycles. The summed E-state index contributed by atoms with van der Waals surface area (Å²) in [5, 5.41) is 9.05. The van der Waals surface area contributed by atoms with Crippen LogP contribution in [-0.2, 0) is 4.74 Å². The van der Waals surface area contributed by atoms with Crippen LogP contribution in [0.15, 0.2) is 30.3 Å². The van der Waals surface area contributed by atoms with E-state index < -0.39 is 0 Å². The van der Waals surface area contributed by atoms with Crippen molar-refractivity contribution in [2.75, 3.05) is 33.4 Å². The summed E-state index contributed by atoms with van der Waals surface area (Å²) in [5.74, 6) is 0. The molecule has 0 saturated heterocycles. The molecular weight excluding hydrogens is 202 g/mol. The lowest BCUT2D eigenvalue weighted by atomic mass is 10.1. The maximum atomic E-state index is 9.05. The molecule has 1 unspecified atom stereocenters. The molecule has 0 aliphatic heterocycles. The van der Waals surface area contributed by atoms with Crippen LogP contribution in [0.1, 0.15) is 18.5 Å². The molecule has 1 rings (SSSR count). The molecule has 0 fully saturated rings. The highest BCUT2D eigenvalue weighted by molar-refractivity contribution is 5.18. The van der Waals surface area contributed by atoms with Gasteiger partial charge < -0.3 is 9.84 Å². The summed E-state index contributed by atoms with van der Waals surface area (Å²) < 4.78 is 5.08. The highest BCUT2D eigenvalue weighted by Crippen LogP contribution is 2.18. The first-order valence-corrected chi connectivity index (χ1v) is 5.68. The average molecular weight is 223 g/mol. The van der Waals surface area contributed by atoms with Crippen molar-refractivity contribution >= 4 is 0 Å². The summed E-state index contributed by atoms with van der Waals surface area (Å²) in [5.41, 5.74) is 1.27. The predicted molar refractivity (Wildman–Crippen MR) is 65.4 cm³/mol. The van der Waals surface area contributed by atoms with Gasteiger partial charge in [-0.05, 0) is 12.5 Å². The molecule has 0 spiro atoms. The summed E-state index contributed by atoms with van der Waals surface area (Å²) in [6.45, 7) is 4.55. The first-order valence-electron chi connectivity index (χ1n) is 5.68. The van der Waals surface area contributed by atoms with E-state index in [1.807, 2.05) is 18.2 Å². The first kappa shape index (κ1) is 13.2. The van der Waals surface area contributed by atoms with Crippen LogP contribution >= 0.6 is 0 Å². The summed E-state index contributed by atoms with van der Waals surface area (Å²) in [4.78, 5) is 2.22. The third kappa shape index (κ3) is 3.93. The van der Waals surface area contributed by atoms with Crippen LogP contribution in [0.4, 0.5) is 0 Å². The summed E-state index contributed by atoms with van der Waals surface area (Å²) in [6, 6.07) is 10.6. The van der Waals surface area contributed by atoms with Crippen molar-refractivity contribution in [3.8, 4) is 0 Å². The van der Waals surface area contributed by atoms with Crippen molar-refractivity contribution in [2.24, 2.45) is 0 Å². The molecule has 3 heteroatoms. The van der Waals surface area contributed by atoms with Gasteiger partial charge in [0, 0.05) is 26.2 Å². The van der Waals surface area contributed by atoms with E-state index in [0.717, 1.165) is 6.54 Å². The lowest BCUT2D eigenvalue weighted by molar-refractivity contribution is 0.106. The normalized spacial score (nSPS) is 13.0. The Balaban J connectivity index is 2.62. The fraction of sp³-hybridized carbons (Fsp3) is 0.538. The number of rotatable bonds is 7. The molecule has 0 heterocycles. The third-order valence-corrected chi connectivity index (χ3v) is 2.80. The minimum atomic E-state index is 0.181. The number of ether oxygens (including phenoxy) is 1. The van der Waals surface area contributed by atoms with E-state index in [4.69, 9.17) is 9.84 Å². The molecule has 0 bridgehead atoms. The van der Waals surface area contributed by atoms with Crippen molar-refractivity contribution in [1.82, 2.24) is 4.90 Å². The van der Waals surface area contributed by atoms with Crippen LogP contribution in [0.2, 0.25) is 0 Å². The van der Waals surface area contributed by atoms with Crippen molar-refractivity contribution in [2.45, 2.75) is 13.0 Å². The summed E-state index contributed by atoms with van der Waals surface area (Å²) in [7, 11) is 1.70. The zero-order chi connectivity index (χ0) is 11.8. The Labute approximate surface area is 97.7 Å². The van der Waals surface area contributed by atoms with Gasteiger partial charge in [-0.25, -0.2) is 0 Å². The lowest BCUT2D eigenvalue weighted by Gasteiger charge is -2.28. The number of nitrogens with zero attached hydrogens (tertiary/aromatic N) is 1. The van der Waals surface area contributed by atoms with Crippen molar-refractivity contribution in [3.05, 3.63) is 35.9 Å². The number of benzene rings is 1. The van der Waals surface area contributed by atoms with Gasteiger partial charge in [0.05, 0.1) is 13.2 Å². The highest BCUT2D eigenvalue weighted by atomic mass is 16.5. The molecule has 1 N–H and O–H groups in total. The van der Waals surface area contributed by atoms with Crippen molar-refractivity contribution < 1.29 is 9.84 Å². The Kier molecular flexibility index (Phi) is 6.08. The van der Waals surface area contributed by atoms with Crippen LogP contribution in [0.3, 0.4) is 0 Å². The van der Waals surface area contributed by atoms with E-state index in [-0.39, 0.29) is 6.61 Å². The second kappa shape index (κ2) is 7.39. The smallest absolute Gasteiger partial charge is 0.0589 e. The Morgan fingerprint density at radius 1 is 1.25 bits per heavy atom. The molecular formula is C13H21NO2. The van der Waals surface area contributed by atoms with Crippen LogP contribution in [-0.4, -0.2) is 43.4 Å². The molecule has 90 valence electrons. The largest absolute Gasteiger partial charge is 0.395 e. The molecule has 0 radical (unpaired) electrons. The quantitative estimate of drug-likeness (QED) is 0.763. The molecule has 0 aliphatic rings. The van der Waals surface area contributed by atoms with E-state index in [2.05, 4.69) is 24.0 Å². The monoisotopic (exact) mass is 223 g/mol. The topological polar surface area (TPSA) is 32.7 Å².